The van der Waals surface area contributed by atoms with Crippen molar-refractivity contribution in [2.24, 2.45) is 0 Å². The summed E-state index contributed by atoms with van der Waals surface area (Å²) in [5.74, 6) is -1.48. The Bertz CT molecular complexity index is 1220. The van der Waals surface area contributed by atoms with Gasteiger partial charge in [0.1, 0.15) is 0 Å². The predicted molar refractivity (Wildman–Crippen MR) is 117 cm³/mol. The molecule has 1 saturated heterocycles. The molecule has 0 radical (unpaired) electrons. The number of carbonyl (C=O) groups is 3. The summed E-state index contributed by atoms with van der Waals surface area (Å²) < 4.78 is 45.1. The van der Waals surface area contributed by atoms with Crippen LogP contribution in [0.3, 0.4) is 0 Å². The van der Waals surface area contributed by atoms with Crippen LogP contribution in [-0.2, 0) is 11.0 Å². The molecule has 0 spiro atoms. The Kier molecular flexibility index (Phi) is 6.94. The predicted octanol–water partition coefficient (Wildman–Crippen LogP) is 3.70. The van der Waals surface area contributed by atoms with Gasteiger partial charge in [-0.25, -0.2) is 0 Å². The summed E-state index contributed by atoms with van der Waals surface area (Å²) in [5, 5.41) is 7.60. The minimum absolute atomic E-state index is 0.0905. The highest BCUT2D eigenvalue weighted by Gasteiger charge is 2.36. The summed E-state index contributed by atoms with van der Waals surface area (Å²) in [5.41, 5.74) is -0.737. The van der Waals surface area contributed by atoms with Gasteiger partial charge in [-0.1, -0.05) is 30.3 Å². The third-order valence-corrected chi connectivity index (χ3v) is 5.63. The largest absolute Gasteiger partial charge is 0.417 e. The van der Waals surface area contributed by atoms with E-state index >= 15 is 0 Å². The van der Waals surface area contributed by atoms with Crippen LogP contribution in [-0.4, -0.2) is 63.8 Å². The summed E-state index contributed by atoms with van der Waals surface area (Å²) in [4.78, 5) is 40.4. The average molecular weight is 486 g/mol. The Labute approximate surface area is 198 Å². The SMILES string of the molecule is O=C(CCC(=O)N1CCN(C(=O)c2ccccc2C(F)(F)F)CC1)c1nnc(-c2ccccc2)o1. The van der Waals surface area contributed by atoms with Gasteiger partial charge in [0.2, 0.25) is 17.6 Å². The van der Waals surface area contributed by atoms with Crippen LogP contribution in [0.1, 0.15) is 39.4 Å². The van der Waals surface area contributed by atoms with E-state index in [0.717, 1.165) is 12.1 Å². The maximum Gasteiger partial charge on any atom is 0.417 e. The topological polar surface area (TPSA) is 96.6 Å². The first-order valence-corrected chi connectivity index (χ1v) is 10.9. The second-order valence-corrected chi connectivity index (χ2v) is 7.92. The Morgan fingerprint density at radius 3 is 2.14 bits per heavy atom. The van der Waals surface area contributed by atoms with Gasteiger partial charge in [-0.15, -0.1) is 10.2 Å². The van der Waals surface area contributed by atoms with Crippen LogP contribution in [0.5, 0.6) is 0 Å². The second kappa shape index (κ2) is 10.1. The molecule has 1 aliphatic rings. The van der Waals surface area contributed by atoms with Crippen molar-refractivity contribution in [3.63, 3.8) is 0 Å². The molecular formula is C24H21F3N4O4. The Balaban J connectivity index is 1.29. The lowest BCUT2D eigenvalue weighted by molar-refractivity contribution is -0.138. The monoisotopic (exact) mass is 486 g/mol. The summed E-state index contributed by atoms with van der Waals surface area (Å²) in [6, 6.07) is 13.6. The van der Waals surface area contributed by atoms with Gasteiger partial charge in [0.15, 0.2) is 0 Å². The number of aromatic nitrogens is 2. The van der Waals surface area contributed by atoms with E-state index in [4.69, 9.17) is 4.42 Å². The summed E-state index contributed by atoms with van der Waals surface area (Å²) in [6.07, 6.45) is -4.86. The number of alkyl halides is 3. The molecule has 182 valence electrons. The number of piperazine rings is 1. The lowest BCUT2D eigenvalue weighted by Crippen LogP contribution is -2.50. The molecule has 0 N–H and O–H groups in total. The van der Waals surface area contributed by atoms with E-state index in [9.17, 15) is 27.6 Å². The fraction of sp³-hybridized carbons (Fsp3) is 0.292. The van der Waals surface area contributed by atoms with Crippen LogP contribution >= 0.6 is 0 Å². The van der Waals surface area contributed by atoms with Crippen molar-refractivity contribution >= 4 is 17.6 Å². The molecule has 35 heavy (non-hydrogen) atoms. The standard InChI is InChI=1S/C24H21F3N4O4/c25-24(26,27)18-9-5-4-8-17(18)23(34)31-14-12-30(13-15-31)20(33)11-10-19(32)22-29-28-21(35-22)16-6-2-1-3-7-16/h1-9H,10-15H2. The number of carbonyl (C=O) groups excluding carboxylic acids is 3. The minimum atomic E-state index is -4.64. The number of Topliss-reactive ketones (excluding diaryl/α,β-unsaturated/α-hetero) is 1. The highest BCUT2D eigenvalue weighted by atomic mass is 19.4. The zero-order valence-corrected chi connectivity index (χ0v) is 18.5. The lowest BCUT2D eigenvalue weighted by atomic mass is 10.1. The van der Waals surface area contributed by atoms with Crippen molar-refractivity contribution in [3.8, 4) is 11.5 Å². The Morgan fingerprint density at radius 2 is 1.46 bits per heavy atom. The number of hydrogen-bond donors (Lipinski definition) is 0. The van der Waals surface area contributed by atoms with Crippen molar-refractivity contribution in [3.05, 3.63) is 71.6 Å². The van der Waals surface area contributed by atoms with Crippen molar-refractivity contribution < 1.29 is 32.0 Å². The van der Waals surface area contributed by atoms with Gasteiger partial charge in [-0.3, -0.25) is 14.4 Å². The molecule has 2 aromatic carbocycles. The number of benzene rings is 2. The van der Waals surface area contributed by atoms with Crippen LogP contribution in [0.15, 0.2) is 59.0 Å². The van der Waals surface area contributed by atoms with Crippen LogP contribution in [0.4, 0.5) is 13.2 Å². The van der Waals surface area contributed by atoms with E-state index in [1.54, 1.807) is 24.3 Å². The molecule has 2 heterocycles. The zero-order chi connectivity index (χ0) is 25.0. The molecule has 4 rings (SSSR count). The molecule has 1 fully saturated rings. The Hall–Kier alpha value is -4.02. The molecule has 0 aliphatic carbocycles. The molecule has 0 atom stereocenters. The maximum absolute atomic E-state index is 13.2. The number of amides is 2. The number of ketones is 1. The van der Waals surface area contributed by atoms with Gasteiger partial charge in [0.25, 0.3) is 11.8 Å². The number of halogens is 3. The molecule has 0 unspecified atom stereocenters. The fourth-order valence-electron chi connectivity index (χ4n) is 3.76. The molecule has 11 heteroatoms. The van der Waals surface area contributed by atoms with Crippen molar-refractivity contribution in [1.29, 1.82) is 0 Å². The van der Waals surface area contributed by atoms with Crippen LogP contribution in [0.25, 0.3) is 11.5 Å². The third kappa shape index (κ3) is 5.56. The van der Waals surface area contributed by atoms with E-state index in [1.807, 2.05) is 6.07 Å². The van der Waals surface area contributed by atoms with E-state index in [1.165, 1.54) is 21.9 Å². The van der Waals surface area contributed by atoms with Gasteiger partial charge in [-0.05, 0) is 24.3 Å². The molecule has 8 nitrogen and oxygen atoms in total. The van der Waals surface area contributed by atoms with Gasteiger partial charge in [-0.2, -0.15) is 13.2 Å². The summed E-state index contributed by atoms with van der Waals surface area (Å²) >= 11 is 0. The van der Waals surface area contributed by atoms with E-state index < -0.39 is 29.0 Å². The van der Waals surface area contributed by atoms with Crippen LogP contribution < -0.4 is 0 Å². The number of rotatable bonds is 6. The average Bonchev–Trinajstić information content (AvgIpc) is 3.37. The third-order valence-electron chi connectivity index (χ3n) is 5.63. The molecule has 0 saturated carbocycles. The van der Waals surface area contributed by atoms with Crippen molar-refractivity contribution in [2.75, 3.05) is 26.2 Å². The molecular weight excluding hydrogens is 465 g/mol. The van der Waals surface area contributed by atoms with E-state index in [-0.39, 0.29) is 56.7 Å². The summed E-state index contributed by atoms with van der Waals surface area (Å²) in [7, 11) is 0. The molecule has 3 aromatic rings. The molecule has 1 aliphatic heterocycles. The quantitative estimate of drug-likeness (QED) is 0.493. The zero-order valence-electron chi connectivity index (χ0n) is 18.5. The summed E-state index contributed by atoms with van der Waals surface area (Å²) in [6.45, 7) is 0.501. The second-order valence-electron chi connectivity index (χ2n) is 7.92. The molecule has 2 amide bonds. The van der Waals surface area contributed by atoms with Crippen LogP contribution in [0.2, 0.25) is 0 Å². The number of nitrogens with zero attached hydrogens (tertiary/aromatic N) is 4. The highest BCUT2D eigenvalue weighted by Crippen LogP contribution is 2.32. The maximum atomic E-state index is 13.2. The Morgan fingerprint density at radius 1 is 0.829 bits per heavy atom. The van der Waals surface area contributed by atoms with Crippen molar-refractivity contribution in [2.45, 2.75) is 19.0 Å². The van der Waals surface area contributed by atoms with Gasteiger partial charge < -0.3 is 14.2 Å². The lowest BCUT2D eigenvalue weighted by Gasteiger charge is -2.35. The highest BCUT2D eigenvalue weighted by molar-refractivity contribution is 5.96. The van der Waals surface area contributed by atoms with E-state index in [2.05, 4.69) is 10.2 Å². The first-order valence-electron chi connectivity index (χ1n) is 10.9. The molecule has 1 aromatic heterocycles. The number of hydrogen-bond acceptors (Lipinski definition) is 6. The minimum Gasteiger partial charge on any atom is -0.414 e. The smallest absolute Gasteiger partial charge is 0.414 e. The van der Waals surface area contributed by atoms with Gasteiger partial charge >= 0.3 is 6.18 Å². The van der Waals surface area contributed by atoms with Crippen molar-refractivity contribution in [1.82, 2.24) is 20.0 Å². The van der Waals surface area contributed by atoms with E-state index in [0.29, 0.717) is 5.56 Å². The normalized spacial score (nSPS) is 14.1. The van der Waals surface area contributed by atoms with Gasteiger partial charge in [0, 0.05) is 44.6 Å². The molecule has 0 bridgehead atoms. The first-order chi connectivity index (χ1) is 16.7. The first kappa shape index (κ1) is 24.1. The van der Waals surface area contributed by atoms with Gasteiger partial charge in [0.05, 0.1) is 11.1 Å². The van der Waals surface area contributed by atoms with Crippen LogP contribution in [0, 0.1) is 0 Å². The fourth-order valence-corrected chi connectivity index (χ4v) is 3.76.